The fourth-order valence-electron chi connectivity index (χ4n) is 2.34. The molecule has 0 amide bonds. The fraction of sp³-hybridized carbons (Fsp3) is 0.333. The molecule has 0 fully saturated rings. The summed E-state index contributed by atoms with van der Waals surface area (Å²) in [6.45, 7) is -0.630. The quantitative estimate of drug-likeness (QED) is 0.707. The molecule has 1 aromatic rings. The van der Waals surface area contributed by atoms with E-state index in [1.807, 2.05) is 0 Å². The first kappa shape index (κ1) is 20.3. The number of hydrogen-bond donors (Lipinski definition) is 0. The molecule has 142 valence electrons. The van der Waals surface area contributed by atoms with Gasteiger partial charge in [-0.25, -0.2) is 9.59 Å². The minimum absolute atomic E-state index is 0.217. The van der Waals surface area contributed by atoms with Crippen LogP contribution >= 0.6 is 23.2 Å². The van der Waals surface area contributed by atoms with Gasteiger partial charge in [0.15, 0.2) is 0 Å². The van der Waals surface area contributed by atoms with Crippen molar-refractivity contribution in [2.45, 2.75) is 6.18 Å². The van der Waals surface area contributed by atoms with Crippen molar-refractivity contribution in [3.8, 4) is 0 Å². The zero-order valence-electron chi connectivity index (χ0n) is 13.4. The highest BCUT2D eigenvalue weighted by Gasteiger charge is 2.39. The van der Waals surface area contributed by atoms with Gasteiger partial charge in [-0.05, 0) is 12.1 Å². The van der Waals surface area contributed by atoms with Crippen LogP contribution in [-0.2, 0) is 30.0 Å². The molecule has 0 radical (unpaired) electrons. The predicted octanol–water partition coefficient (Wildman–Crippen LogP) is 3.41. The molecule has 1 heterocycles. The lowest BCUT2D eigenvalue weighted by atomic mass is 10.1. The molecular weight excluding hydrogens is 402 g/mol. The monoisotopic (exact) mass is 413 g/mol. The van der Waals surface area contributed by atoms with E-state index in [9.17, 15) is 22.8 Å². The number of hydrogen-bond acceptors (Lipinski definition) is 6. The number of alkyl halides is 3. The van der Waals surface area contributed by atoms with Crippen LogP contribution in [0.1, 0.15) is 5.56 Å². The molecule has 6 nitrogen and oxygen atoms in total. The van der Waals surface area contributed by atoms with E-state index in [4.69, 9.17) is 27.9 Å². The number of carbonyl (C=O) groups excluding carboxylic acids is 2. The van der Waals surface area contributed by atoms with Crippen molar-refractivity contribution in [1.29, 1.82) is 0 Å². The van der Waals surface area contributed by atoms with Crippen molar-refractivity contribution < 1.29 is 37.0 Å². The van der Waals surface area contributed by atoms with E-state index in [0.717, 1.165) is 25.2 Å². The Morgan fingerprint density at radius 3 is 2.31 bits per heavy atom. The Morgan fingerprint density at radius 1 is 1.15 bits per heavy atom. The number of benzene rings is 1. The van der Waals surface area contributed by atoms with Crippen LogP contribution in [0.5, 0.6) is 0 Å². The van der Waals surface area contributed by atoms with Crippen LogP contribution in [0.25, 0.3) is 0 Å². The van der Waals surface area contributed by atoms with Crippen molar-refractivity contribution in [1.82, 2.24) is 0 Å². The van der Waals surface area contributed by atoms with Gasteiger partial charge in [-0.2, -0.15) is 13.2 Å². The van der Waals surface area contributed by atoms with Crippen molar-refractivity contribution in [3.05, 3.63) is 39.0 Å². The minimum atomic E-state index is -4.83. The Bertz CT molecular complexity index is 779. The van der Waals surface area contributed by atoms with Crippen LogP contribution in [0.2, 0.25) is 10.0 Å². The van der Waals surface area contributed by atoms with Crippen LogP contribution in [-0.4, -0.2) is 39.5 Å². The summed E-state index contributed by atoms with van der Waals surface area (Å²) in [6.07, 6.45) is -4.83. The van der Waals surface area contributed by atoms with Crippen LogP contribution in [0.15, 0.2) is 23.4 Å². The Kier molecular flexibility index (Phi) is 6.05. The molecule has 0 spiro atoms. The molecular formula is C15H12Cl2F3NO5. The van der Waals surface area contributed by atoms with Gasteiger partial charge >= 0.3 is 18.1 Å². The molecule has 0 unspecified atom stereocenters. The molecule has 2 rings (SSSR count). The first-order valence-electron chi connectivity index (χ1n) is 6.93. The number of ether oxygens (including phenoxy) is 3. The second kappa shape index (κ2) is 7.73. The summed E-state index contributed by atoms with van der Waals surface area (Å²) < 4.78 is 54.1. The van der Waals surface area contributed by atoms with Gasteiger partial charge in [0.25, 0.3) is 0 Å². The van der Waals surface area contributed by atoms with Crippen molar-refractivity contribution in [3.63, 3.8) is 0 Å². The van der Waals surface area contributed by atoms with Crippen molar-refractivity contribution >= 4 is 40.8 Å². The fourth-order valence-corrected chi connectivity index (χ4v) is 3.03. The Hall–Kier alpha value is -1.97. The number of anilines is 1. The molecule has 26 heavy (non-hydrogen) atoms. The molecule has 11 heteroatoms. The first-order valence-corrected chi connectivity index (χ1v) is 7.69. The van der Waals surface area contributed by atoms with Gasteiger partial charge in [-0.1, -0.05) is 23.2 Å². The maximum Gasteiger partial charge on any atom is 0.419 e. The highest BCUT2D eigenvalue weighted by atomic mass is 35.5. The Balaban J connectivity index is 2.70. The van der Waals surface area contributed by atoms with Gasteiger partial charge in [-0.15, -0.1) is 0 Å². The maximum atomic E-state index is 13.2. The molecule has 0 N–H and O–H groups in total. The van der Waals surface area contributed by atoms with E-state index < -0.39 is 33.7 Å². The number of nitrogens with zero attached hydrogens (tertiary/aromatic N) is 1. The third-order valence-corrected chi connectivity index (χ3v) is 4.18. The number of methoxy groups -OCH3 is 2. The summed E-state index contributed by atoms with van der Waals surface area (Å²) in [5.74, 6) is -1.86. The number of halogens is 5. The normalized spacial score (nSPS) is 15.1. The van der Waals surface area contributed by atoms with E-state index in [-0.39, 0.29) is 30.3 Å². The SMILES string of the molecule is COC(=O)C1=C(C(=O)OC)N(c2ccc(Cl)c(C(F)(F)F)c2Cl)COC1. The van der Waals surface area contributed by atoms with E-state index in [1.165, 1.54) is 6.07 Å². The minimum Gasteiger partial charge on any atom is -0.466 e. The topological polar surface area (TPSA) is 65.1 Å². The maximum absolute atomic E-state index is 13.2. The lowest BCUT2D eigenvalue weighted by molar-refractivity contribution is -0.140. The number of rotatable bonds is 3. The third-order valence-electron chi connectivity index (χ3n) is 3.48. The van der Waals surface area contributed by atoms with E-state index in [2.05, 4.69) is 9.47 Å². The summed E-state index contributed by atoms with van der Waals surface area (Å²) in [6, 6.07) is 2.15. The highest BCUT2D eigenvalue weighted by molar-refractivity contribution is 6.38. The zero-order valence-corrected chi connectivity index (χ0v) is 15.0. The summed E-state index contributed by atoms with van der Waals surface area (Å²) in [5, 5.41) is -1.36. The van der Waals surface area contributed by atoms with E-state index in [0.29, 0.717) is 0 Å². The van der Waals surface area contributed by atoms with Gasteiger partial charge in [0.2, 0.25) is 0 Å². The van der Waals surface area contributed by atoms with Crippen molar-refractivity contribution in [2.75, 3.05) is 32.5 Å². The van der Waals surface area contributed by atoms with Gasteiger partial charge in [0.05, 0.1) is 47.7 Å². The van der Waals surface area contributed by atoms with Crippen LogP contribution in [0.4, 0.5) is 18.9 Å². The molecule has 0 saturated heterocycles. The standard InChI is InChI=1S/C15H12Cl2F3NO5/c1-24-13(22)7-5-26-6-21(12(7)14(23)25-2)9-4-3-8(16)10(11(9)17)15(18,19)20/h3-4H,5-6H2,1-2H3. The molecule has 1 aromatic carbocycles. The lowest BCUT2D eigenvalue weighted by Gasteiger charge is -2.32. The second-order valence-corrected chi connectivity index (χ2v) is 5.75. The number of carbonyl (C=O) groups is 2. The molecule has 0 bridgehead atoms. The van der Waals surface area contributed by atoms with Crippen molar-refractivity contribution in [2.24, 2.45) is 0 Å². The van der Waals surface area contributed by atoms with Crippen LogP contribution in [0.3, 0.4) is 0 Å². The summed E-state index contributed by atoms with van der Waals surface area (Å²) >= 11 is 11.5. The summed E-state index contributed by atoms with van der Waals surface area (Å²) in [5.41, 5.74) is -2.05. The molecule has 0 saturated carbocycles. The molecule has 0 aromatic heterocycles. The summed E-state index contributed by atoms with van der Waals surface area (Å²) in [4.78, 5) is 25.1. The molecule has 1 aliphatic rings. The second-order valence-electron chi connectivity index (χ2n) is 4.97. The Labute approximate surface area is 156 Å². The molecule has 1 aliphatic heterocycles. The average Bonchev–Trinajstić information content (AvgIpc) is 2.58. The van der Waals surface area contributed by atoms with Gasteiger partial charge in [0.1, 0.15) is 12.4 Å². The highest BCUT2D eigenvalue weighted by Crippen LogP contribution is 2.45. The largest absolute Gasteiger partial charge is 0.466 e. The average molecular weight is 414 g/mol. The van der Waals surface area contributed by atoms with E-state index >= 15 is 0 Å². The van der Waals surface area contributed by atoms with Crippen LogP contribution < -0.4 is 4.90 Å². The molecule has 0 atom stereocenters. The smallest absolute Gasteiger partial charge is 0.419 e. The Morgan fingerprint density at radius 2 is 1.77 bits per heavy atom. The lowest BCUT2D eigenvalue weighted by Crippen LogP contribution is -2.39. The third kappa shape index (κ3) is 3.74. The van der Waals surface area contributed by atoms with Gasteiger partial charge in [0, 0.05) is 0 Å². The first-order chi connectivity index (χ1) is 12.1. The van der Waals surface area contributed by atoms with E-state index in [1.54, 1.807) is 0 Å². The van der Waals surface area contributed by atoms with Gasteiger partial charge in [-0.3, -0.25) is 0 Å². The van der Waals surface area contributed by atoms with Crippen LogP contribution in [0, 0.1) is 0 Å². The summed E-state index contributed by atoms with van der Waals surface area (Å²) in [7, 11) is 2.14. The van der Waals surface area contributed by atoms with Gasteiger partial charge < -0.3 is 19.1 Å². The predicted molar refractivity (Wildman–Crippen MR) is 85.8 cm³/mol. The zero-order chi connectivity index (χ0) is 19.6. The number of esters is 2. The molecule has 0 aliphatic carbocycles.